The van der Waals surface area contributed by atoms with E-state index in [1.165, 1.54) is 0 Å². The highest BCUT2D eigenvalue weighted by Gasteiger charge is 2.17. The Morgan fingerprint density at radius 2 is 1.77 bits per heavy atom. The van der Waals surface area contributed by atoms with E-state index in [1.54, 1.807) is 41.9 Å². The number of anilines is 2. The largest absolute Gasteiger partial charge is 0.366 e. The van der Waals surface area contributed by atoms with Crippen molar-refractivity contribution < 1.29 is 4.79 Å². The monoisotopic (exact) mass is 471 g/mol. The quantitative estimate of drug-likeness (QED) is 0.438. The minimum Gasteiger partial charge on any atom is -0.366 e. The number of piperidine rings is 1. The zero-order valence-electron chi connectivity index (χ0n) is 20.1. The molecule has 0 radical (unpaired) electrons. The number of aromatic nitrogens is 6. The lowest BCUT2D eigenvalue weighted by Gasteiger charge is -2.29. The molecule has 4 aromatic heterocycles. The molecule has 0 bridgehead atoms. The number of nitrogens with zero attached hydrogens (tertiary/aromatic N) is 7. The lowest BCUT2D eigenvalue weighted by molar-refractivity contribution is 0.102. The van der Waals surface area contributed by atoms with Crippen LogP contribution in [0.2, 0.25) is 0 Å². The van der Waals surface area contributed by atoms with E-state index in [1.807, 2.05) is 26.0 Å². The Hall–Kier alpha value is -3.92. The Morgan fingerprint density at radius 1 is 0.971 bits per heavy atom. The number of carbonyl (C=O) groups excluding carboxylic acids is 1. The van der Waals surface area contributed by atoms with Crippen LogP contribution in [0.3, 0.4) is 0 Å². The standard InChI is InChI=1S/C25H29N9O/c1-16(2)34-15-19(12-29-34)25(35)32-23-9-17-8-21(27-10-18(17)11-28-23)22-13-26-14-24(31-22)30-20-4-6-33(3)7-5-20/h8-16,20H,4-7H2,1-3H3,(H,30,31)(H,28,32,35). The minimum absolute atomic E-state index is 0.183. The second-order valence-corrected chi connectivity index (χ2v) is 9.25. The van der Waals surface area contributed by atoms with Crippen molar-refractivity contribution in [1.29, 1.82) is 0 Å². The summed E-state index contributed by atoms with van der Waals surface area (Å²) < 4.78 is 1.75. The summed E-state index contributed by atoms with van der Waals surface area (Å²) in [5.74, 6) is 0.959. The maximum absolute atomic E-state index is 12.6. The summed E-state index contributed by atoms with van der Waals surface area (Å²) in [5, 5.41) is 12.4. The highest BCUT2D eigenvalue weighted by atomic mass is 16.1. The van der Waals surface area contributed by atoms with Crippen molar-refractivity contribution in [2.45, 2.75) is 38.8 Å². The van der Waals surface area contributed by atoms with E-state index in [-0.39, 0.29) is 11.9 Å². The third kappa shape index (κ3) is 5.27. The Bertz CT molecular complexity index is 1340. The molecule has 35 heavy (non-hydrogen) atoms. The van der Waals surface area contributed by atoms with Gasteiger partial charge in [-0.3, -0.25) is 19.4 Å². The first-order chi connectivity index (χ1) is 16.9. The molecule has 0 unspecified atom stereocenters. The predicted octanol–water partition coefficient (Wildman–Crippen LogP) is 3.62. The van der Waals surface area contributed by atoms with E-state index in [0.29, 0.717) is 28.8 Å². The van der Waals surface area contributed by atoms with Crippen LogP contribution in [0.1, 0.15) is 43.1 Å². The van der Waals surface area contributed by atoms with Crippen molar-refractivity contribution in [2.75, 3.05) is 30.8 Å². The van der Waals surface area contributed by atoms with Crippen LogP contribution in [0.5, 0.6) is 0 Å². The number of rotatable bonds is 6. The molecule has 5 heterocycles. The van der Waals surface area contributed by atoms with Gasteiger partial charge in [-0.25, -0.2) is 9.97 Å². The zero-order valence-corrected chi connectivity index (χ0v) is 20.1. The molecule has 0 aromatic carbocycles. The van der Waals surface area contributed by atoms with Crippen molar-refractivity contribution in [3.8, 4) is 11.4 Å². The normalized spacial score (nSPS) is 15.0. The molecule has 1 aliphatic rings. The predicted molar refractivity (Wildman–Crippen MR) is 135 cm³/mol. The molecule has 1 amide bonds. The fraction of sp³-hybridized carbons (Fsp3) is 0.360. The van der Waals surface area contributed by atoms with E-state index in [0.717, 1.165) is 42.5 Å². The number of pyridine rings is 2. The lowest BCUT2D eigenvalue weighted by Crippen LogP contribution is -2.36. The maximum Gasteiger partial charge on any atom is 0.260 e. The van der Waals surface area contributed by atoms with Gasteiger partial charge in [-0.1, -0.05) is 0 Å². The van der Waals surface area contributed by atoms with Gasteiger partial charge in [0.05, 0.1) is 29.8 Å². The van der Waals surface area contributed by atoms with Crippen LogP contribution in [-0.4, -0.2) is 66.7 Å². The third-order valence-electron chi connectivity index (χ3n) is 6.21. The third-order valence-corrected chi connectivity index (χ3v) is 6.21. The molecular weight excluding hydrogens is 442 g/mol. The van der Waals surface area contributed by atoms with E-state index in [9.17, 15) is 4.79 Å². The molecule has 1 fully saturated rings. The van der Waals surface area contributed by atoms with Crippen LogP contribution < -0.4 is 10.6 Å². The number of hydrogen-bond acceptors (Lipinski definition) is 8. The van der Waals surface area contributed by atoms with Crippen molar-refractivity contribution in [1.82, 2.24) is 34.6 Å². The van der Waals surface area contributed by atoms with Gasteiger partial charge in [0.2, 0.25) is 0 Å². The van der Waals surface area contributed by atoms with E-state index < -0.39 is 0 Å². The summed E-state index contributed by atoms with van der Waals surface area (Å²) in [4.78, 5) is 33.0. The highest BCUT2D eigenvalue weighted by Crippen LogP contribution is 2.23. The van der Waals surface area contributed by atoms with Crippen LogP contribution >= 0.6 is 0 Å². The molecule has 2 N–H and O–H groups in total. The number of fused-ring (bicyclic) bond motifs is 1. The van der Waals surface area contributed by atoms with E-state index in [2.05, 4.69) is 42.6 Å². The Balaban J connectivity index is 1.34. The summed E-state index contributed by atoms with van der Waals surface area (Å²) in [5.41, 5.74) is 1.88. The molecule has 0 aliphatic carbocycles. The molecule has 180 valence electrons. The topological polar surface area (TPSA) is 114 Å². The van der Waals surface area contributed by atoms with Crippen molar-refractivity contribution >= 4 is 28.3 Å². The van der Waals surface area contributed by atoms with Gasteiger partial charge in [-0.05, 0) is 64.3 Å². The fourth-order valence-electron chi connectivity index (χ4n) is 4.09. The molecule has 4 aromatic rings. The molecule has 10 nitrogen and oxygen atoms in total. The second-order valence-electron chi connectivity index (χ2n) is 9.25. The van der Waals surface area contributed by atoms with E-state index in [4.69, 9.17) is 4.98 Å². The average molecular weight is 472 g/mol. The van der Waals surface area contributed by atoms with Gasteiger partial charge in [-0.15, -0.1) is 0 Å². The smallest absolute Gasteiger partial charge is 0.260 e. The number of likely N-dealkylation sites (tertiary alicyclic amines) is 1. The molecule has 0 saturated carbocycles. The molecule has 0 spiro atoms. The minimum atomic E-state index is -0.253. The molecule has 5 rings (SSSR count). The van der Waals surface area contributed by atoms with Gasteiger partial charge in [0.15, 0.2) is 0 Å². The van der Waals surface area contributed by atoms with Crippen LogP contribution in [0.4, 0.5) is 11.6 Å². The summed E-state index contributed by atoms with van der Waals surface area (Å²) >= 11 is 0. The van der Waals surface area contributed by atoms with Crippen molar-refractivity contribution in [2.24, 2.45) is 0 Å². The molecule has 1 saturated heterocycles. The first-order valence-corrected chi connectivity index (χ1v) is 11.8. The van der Waals surface area contributed by atoms with Crippen LogP contribution in [-0.2, 0) is 0 Å². The number of nitrogens with one attached hydrogen (secondary N) is 2. The van der Waals surface area contributed by atoms with Gasteiger partial charge in [0.25, 0.3) is 5.91 Å². The van der Waals surface area contributed by atoms with Crippen LogP contribution in [0, 0.1) is 0 Å². The molecule has 1 aliphatic heterocycles. The summed E-state index contributed by atoms with van der Waals surface area (Å²) in [7, 11) is 2.15. The highest BCUT2D eigenvalue weighted by molar-refractivity contribution is 6.04. The SMILES string of the molecule is CC(C)n1cc(C(=O)Nc2cc3cc(-c4cncc(NC5CCN(C)CC5)n4)ncc3cn2)cn1. The summed E-state index contributed by atoms with van der Waals surface area (Å²) in [6, 6.07) is 4.35. The van der Waals surface area contributed by atoms with Crippen LogP contribution in [0.15, 0.2) is 49.3 Å². The van der Waals surface area contributed by atoms with Crippen LogP contribution in [0.25, 0.3) is 22.2 Å². The van der Waals surface area contributed by atoms with Gasteiger partial charge >= 0.3 is 0 Å². The summed E-state index contributed by atoms with van der Waals surface area (Å²) in [6.45, 7) is 6.17. The van der Waals surface area contributed by atoms with Crippen molar-refractivity contribution in [3.05, 3.63) is 54.9 Å². The van der Waals surface area contributed by atoms with E-state index >= 15 is 0 Å². The zero-order chi connectivity index (χ0) is 24.4. The maximum atomic E-state index is 12.6. The molecular formula is C25H29N9O. The van der Waals surface area contributed by atoms with Gasteiger partial charge in [0.1, 0.15) is 17.3 Å². The Kier molecular flexibility index (Phi) is 6.37. The second kappa shape index (κ2) is 9.75. The first kappa shape index (κ1) is 22.9. The Morgan fingerprint density at radius 3 is 2.54 bits per heavy atom. The van der Waals surface area contributed by atoms with Gasteiger partial charge in [0, 0.05) is 36.1 Å². The first-order valence-electron chi connectivity index (χ1n) is 11.8. The van der Waals surface area contributed by atoms with Gasteiger partial charge < -0.3 is 15.5 Å². The molecule has 0 atom stereocenters. The Labute approximate surface area is 203 Å². The lowest BCUT2D eigenvalue weighted by atomic mass is 10.1. The summed E-state index contributed by atoms with van der Waals surface area (Å²) in [6.07, 6.45) is 12.4. The number of hydrogen-bond donors (Lipinski definition) is 2. The molecule has 10 heteroatoms. The van der Waals surface area contributed by atoms with Gasteiger partial charge in [-0.2, -0.15) is 5.10 Å². The van der Waals surface area contributed by atoms with Crippen molar-refractivity contribution in [3.63, 3.8) is 0 Å². The number of amides is 1. The fourth-order valence-corrected chi connectivity index (χ4v) is 4.09. The number of carbonyl (C=O) groups is 1. The average Bonchev–Trinajstić information content (AvgIpc) is 3.36.